The zero-order valence-corrected chi connectivity index (χ0v) is 10.9. The first-order valence-electron chi connectivity index (χ1n) is 5.33. The van der Waals surface area contributed by atoms with Crippen LogP contribution in [0.15, 0.2) is 47.2 Å². The third kappa shape index (κ3) is 1.86. The maximum atomic E-state index is 12.9. The summed E-state index contributed by atoms with van der Waals surface area (Å²) in [6.45, 7) is 0. The molecule has 18 heavy (non-hydrogen) atoms. The van der Waals surface area contributed by atoms with Gasteiger partial charge in [0.2, 0.25) is 0 Å². The van der Waals surface area contributed by atoms with Crippen molar-refractivity contribution >= 4 is 27.3 Å². The number of anilines is 1. The summed E-state index contributed by atoms with van der Waals surface area (Å²) in [4.78, 5) is 4.49. The number of hydrogen-bond acceptors (Lipinski definition) is 2. The van der Waals surface area contributed by atoms with Crippen molar-refractivity contribution in [3.8, 4) is 11.3 Å². The van der Waals surface area contributed by atoms with E-state index in [1.165, 1.54) is 12.1 Å². The fourth-order valence-electron chi connectivity index (χ4n) is 1.84. The van der Waals surface area contributed by atoms with Crippen LogP contribution >= 0.6 is 15.9 Å². The first kappa shape index (κ1) is 11.2. The highest BCUT2D eigenvalue weighted by Gasteiger charge is 2.07. The van der Waals surface area contributed by atoms with Crippen LogP contribution in [0.2, 0.25) is 0 Å². The lowest BCUT2D eigenvalue weighted by Crippen LogP contribution is -1.90. The molecule has 0 bridgehead atoms. The van der Waals surface area contributed by atoms with E-state index in [4.69, 9.17) is 5.73 Å². The van der Waals surface area contributed by atoms with Crippen molar-refractivity contribution < 1.29 is 4.39 Å². The lowest BCUT2D eigenvalue weighted by Gasteiger charge is -1.97. The fraction of sp³-hybridized carbons (Fsp3) is 0. The number of rotatable bonds is 1. The van der Waals surface area contributed by atoms with Crippen LogP contribution in [0.1, 0.15) is 0 Å². The Hall–Kier alpha value is -1.88. The molecule has 1 aromatic carbocycles. The molecule has 3 rings (SSSR count). The Morgan fingerprint density at radius 1 is 1.17 bits per heavy atom. The second-order valence-electron chi connectivity index (χ2n) is 3.99. The minimum absolute atomic E-state index is 0.257. The Morgan fingerprint density at radius 3 is 2.61 bits per heavy atom. The van der Waals surface area contributed by atoms with E-state index in [1.807, 2.05) is 10.6 Å². The van der Waals surface area contributed by atoms with Gasteiger partial charge in [0.1, 0.15) is 5.82 Å². The molecule has 2 N–H and O–H groups in total. The third-order valence-corrected chi connectivity index (χ3v) is 3.25. The zero-order valence-electron chi connectivity index (χ0n) is 9.27. The molecule has 0 aliphatic heterocycles. The molecule has 0 unspecified atom stereocenters. The third-order valence-electron chi connectivity index (χ3n) is 2.67. The largest absolute Gasteiger partial charge is 0.397 e. The summed E-state index contributed by atoms with van der Waals surface area (Å²) >= 11 is 3.42. The molecule has 0 spiro atoms. The Kier molecular flexibility index (Phi) is 2.56. The van der Waals surface area contributed by atoms with Crippen molar-refractivity contribution in [2.24, 2.45) is 0 Å². The predicted molar refractivity (Wildman–Crippen MR) is 72.7 cm³/mol. The maximum Gasteiger partial charge on any atom is 0.151 e. The van der Waals surface area contributed by atoms with E-state index < -0.39 is 0 Å². The number of imidazole rings is 1. The van der Waals surface area contributed by atoms with E-state index in [9.17, 15) is 4.39 Å². The van der Waals surface area contributed by atoms with Gasteiger partial charge in [-0.15, -0.1) is 0 Å². The Bertz CT molecular complexity index is 719. The summed E-state index contributed by atoms with van der Waals surface area (Å²) in [5.41, 5.74) is 8.84. The van der Waals surface area contributed by atoms with Crippen LogP contribution in [0.25, 0.3) is 16.9 Å². The summed E-state index contributed by atoms with van der Waals surface area (Å²) in [7, 11) is 0. The lowest BCUT2D eigenvalue weighted by atomic mass is 10.2. The number of hydrogen-bond donors (Lipinski definition) is 1. The van der Waals surface area contributed by atoms with Crippen molar-refractivity contribution in [3.63, 3.8) is 0 Å². The van der Waals surface area contributed by atoms with Crippen LogP contribution in [-0.4, -0.2) is 9.38 Å². The first-order valence-corrected chi connectivity index (χ1v) is 6.12. The Morgan fingerprint density at radius 2 is 1.89 bits per heavy atom. The van der Waals surface area contributed by atoms with Crippen LogP contribution in [-0.2, 0) is 0 Å². The monoisotopic (exact) mass is 305 g/mol. The van der Waals surface area contributed by atoms with Crippen LogP contribution in [0.3, 0.4) is 0 Å². The molecule has 5 heteroatoms. The first-order chi connectivity index (χ1) is 8.63. The number of aromatic nitrogens is 2. The van der Waals surface area contributed by atoms with Crippen molar-refractivity contribution in [3.05, 3.63) is 53.0 Å². The van der Waals surface area contributed by atoms with Crippen molar-refractivity contribution in [1.29, 1.82) is 0 Å². The van der Waals surface area contributed by atoms with Gasteiger partial charge < -0.3 is 10.1 Å². The van der Waals surface area contributed by atoms with Crippen LogP contribution in [0.4, 0.5) is 10.1 Å². The molecule has 0 fully saturated rings. The van der Waals surface area contributed by atoms with Crippen LogP contribution in [0, 0.1) is 5.82 Å². The molecule has 0 saturated heterocycles. The number of nitrogens with zero attached hydrogens (tertiary/aromatic N) is 2. The van der Waals surface area contributed by atoms with E-state index in [0.29, 0.717) is 5.69 Å². The normalized spacial score (nSPS) is 11.0. The highest BCUT2D eigenvalue weighted by Crippen LogP contribution is 2.25. The van der Waals surface area contributed by atoms with Crippen LogP contribution in [0.5, 0.6) is 0 Å². The van der Waals surface area contributed by atoms with E-state index in [1.54, 1.807) is 24.4 Å². The number of fused-ring (bicyclic) bond motifs is 1. The standard InChI is InChI=1S/C13H9BrFN3/c14-11-5-10(16)6-18-7-12(17-13(11)18)8-1-3-9(15)4-2-8/h1-7H,16H2. The van der Waals surface area contributed by atoms with Gasteiger partial charge in [-0.25, -0.2) is 9.37 Å². The SMILES string of the molecule is Nc1cc(Br)c2nc(-c3ccc(F)cc3)cn2c1. The quantitative estimate of drug-likeness (QED) is 0.748. The molecule has 2 heterocycles. The van der Waals surface area contributed by atoms with Gasteiger partial charge in [0, 0.05) is 23.6 Å². The predicted octanol–water partition coefficient (Wildman–Crippen LogP) is 3.49. The van der Waals surface area contributed by atoms with E-state index >= 15 is 0 Å². The zero-order chi connectivity index (χ0) is 12.7. The summed E-state index contributed by atoms with van der Waals surface area (Å²) < 4.78 is 15.5. The molecule has 0 amide bonds. The molecular formula is C13H9BrFN3. The van der Waals surface area contributed by atoms with Gasteiger partial charge in [-0.2, -0.15) is 0 Å². The number of pyridine rings is 1. The van der Waals surface area contributed by atoms with E-state index in [2.05, 4.69) is 20.9 Å². The van der Waals surface area contributed by atoms with Gasteiger partial charge in [0.15, 0.2) is 5.65 Å². The molecule has 90 valence electrons. The molecule has 0 radical (unpaired) electrons. The lowest BCUT2D eigenvalue weighted by molar-refractivity contribution is 0.628. The average molecular weight is 306 g/mol. The molecule has 3 nitrogen and oxygen atoms in total. The Labute approximate surface area is 111 Å². The molecular weight excluding hydrogens is 297 g/mol. The second kappa shape index (κ2) is 4.10. The highest BCUT2D eigenvalue weighted by atomic mass is 79.9. The second-order valence-corrected chi connectivity index (χ2v) is 4.84. The molecule has 0 aliphatic rings. The van der Waals surface area contributed by atoms with Crippen LogP contribution < -0.4 is 5.73 Å². The number of nitrogens with two attached hydrogens (primary N) is 1. The summed E-state index contributed by atoms with van der Waals surface area (Å²) in [6.07, 6.45) is 3.66. The number of nitrogen functional groups attached to an aromatic ring is 1. The van der Waals surface area contributed by atoms with Gasteiger partial charge in [-0.05, 0) is 46.3 Å². The molecule has 0 atom stereocenters. The summed E-state index contributed by atoms with van der Waals surface area (Å²) in [5.74, 6) is -0.257. The summed E-state index contributed by atoms with van der Waals surface area (Å²) in [6, 6.07) is 8.05. The maximum absolute atomic E-state index is 12.9. The van der Waals surface area contributed by atoms with Gasteiger partial charge in [-0.1, -0.05) is 0 Å². The van der Waals surface area contributed by atoms with Gasteiger partial charge in [-0.3, -0.25) is 0 Å². The molecule has 3 aromatic rings. The molecule has 0 aliphatic carbocycles. The topological polar surface area (TPSA) is 43.3 Å². The fourth-order valence-corrected chi connectivity index (χ4v) is 2.39. The van der Waals surface area contributed by atoms with E-state index in [0.717, 1.165) is 21.4 Å². The van der Waals surface area contributed by atoms with Gasteiger partial charge in [0.05, 0.1) is 10.2 Å². The molecule has 2 aromatic heterocycles. The van der Waals surface area contributed by atoms with Gasteiger partial charge >= 0.3 is 0 Å². The minimum Gasteiger partial charge on any atom is -0.397 e. The highest BCUT2D eigenvalue weighted by molar-refractivity contribution is 9.10. The average Bonchev–Trinajstić information content (AvgIpc) is 2.74. The number of benzene rings is 1. The van der Waals surface area contributed by atoms with Crippen molar-refractivity contribution in [2.75, 3.05) is 5.73 Å². The number of halogens is 2. The molecule has 0 saturated carbocycles. The van der Waals surface area contributed by atoms with E-state index in [-0.39, 0.29) is 5.82 Å². The van der Waals surface area contributed by atoms with Gasteiger partial charge in [0.25, 0.3) is 0 Å². The summed E-state index contributed by atoms with van der Waals surface area (Å²) in [5, 5.41) is 0. The van der Waals surface area contributed by atoms with Crippen molar-refractivity contribution in [1.82, 2.24) is 9.38 Å². The minimum atomic E-state index is -0.257. The Balaban J connectivity index is 2.19. The van der Waals surface area contributed by atoms with Crippen molar-refractivity contribution in [2.45, 2.75) is 0 Å². The smallest absolute Gasteiger partial charge is 0.151 e.